The minimum absolute atomic E-state index is 0.0117. The summed E-state index contributed by atoms with van der Waals surface area (Å²) >= 11 is 0. The third-order valence-electron chi connectivity index (χ3n) is 7.72. The van der Waals surface area contributed by atoms with Gasteiger partial charge in [0.2, 0.25) is 15.9 Å². The number of methoxy groups -OCH3 is 1. The second-order valence-corrected chi connectivity index (χ2v) is 12.0. The van der Waals surface area contributed by atoms with Crippen molar-refractivity contribution < 1.29 is 27.4 Å². The Labute approximate surface area is 215 Å². The van der Waals surface area contributed by atoms with Crippen molar-refractivity contribution in [3.8, 4) is 5.75 Å². The van der Waals surface area contributed by atoms with Gasteiger partial charge in [-0.2, -0.15) is 4.31 Å². The molecule has 0 aromatic heterocycles. The SMILES string of the molecule is COc1cc(C)c(S(=O)(=O)N2CCCCC2COCC(=O)N2CCN(C3CCOCC3)CC2)c(C)c1. The summed E-state index contributed by atoms with van der Waals surface area (Å²) in [6.45, 7) is 9.10. The number of hydrogen-bond donors (Lipinski definition) is 0. The molecule has 1 aromatic carbocycles. The highest BCUT2D eigenvalue weighted by molar-refractivity contribution is 7.89. The lowest BCUT2D eigenvalue weighted by Crippen LogP contribution is -2.53. The van der Waals surface area contributed by atoms with Crippen molar-refractivity contribution in [2.75, 3.05) is 66.3 Å². The van der Waals surface area contributed by atoms with Gasteiger partial charge in [-0.05, 0) is 62.8 Å². The number of rotatable bonds is 8. The summed E-state index contributed by atoms with van der Waals surface area (Å²) in [5.74, 6) is 0.628. The maximum atomic E-state index is 13.7. The normalized spacial score (nSPS) is 23.1. The highest BCUT2D eigenvalue weighted by atomic mass is 32.2. The van der Waals surface area contributed by atoms with E-state index in [1.54, 1.807) is 37.4 Å². The molecule has 3 aliphatic heterocycles. The lowest BCUT2D eigenvalue weighted by molar-refractivity contribution is -0.139. The number of piperazine rings is 1. The fraction of sp³-hybridized carbons (Fsp3) is 0.731. The number of piperidine rings is 1. The second kappa shape index (κ2) is 12.2. The van der Waals surface area contributed by atoms with Crippen molar-refractivity contribution in [2.45, 2.75) is 62.9 Å². The van der Waals surface area contributed by atoms with Crippen molar-refractivity contribution in [2.24, 2.45) is 0 Å². The zero-order valence-corrected chi connectivity index (χ0v) is 22.7. The van der Waals surface area contributed by atoms with Crippen LogP contribution in [0.4, 0.5) is 0 Å². The van der Waals surface area contributed by atoms with Gasteiger partial charge in [-0.15, -0.1) is 0 Å². The van der Waals surface area contributed by atoms with Crippen LogP contribution in [0.2, 0.25) is 0 Å². The molecule has 3 aliphatic rings. The number of carbonyl (C=O) groups is 1. The van der Waals surface area contributed by atoms with Crippen molar-refractivity contribution in [1.82, 2.24) is 14.1 Å². The Kier molecular flexibility index (Phi) is 9.27. The van der Waals surface area contributed by atoms with Crippen LogP contribution in [-0.4, -0.2) is 107 Å². The molecule has 4 rings (SSSR count). The third kappa shape index (κ3) is 6.22. The number of aryl methyl sites for hydroxylation is 2. The average Bonchev–Trinajstić information content (AvgIpc) is 2.89. The van der Waals surface area contributed by atoms with E-state index in [-0.39, 0.29) is 25.2 Å². The van der Waals surface area contributed by atoms with Crippen LogP contribution in [0.1, 0.15) is 43.2 Å². The molecule has 0 spiro atoms. The maximum absolute atomic E-state index is 13.7. The van der Waals surface area contributed by atoms with Gasteiger partial charge in [0.05, 0.1) is 18.6 Å². The van der Waals surface area contributed by atoms with E-state index >= 15 is 0 Å². The van der Waals surface area contributed by atoms with E-state index < -0.39 is 10.0 Å². The van der Waals surface area contributed by atoms with E-state index in [0.717, 1.165) is 58.4 Å². The summed E-state index contributed by atoms with van der Waals surface area (Å²) in [5, 5.41) is 0. The molecule has 0 bridgehead atoms. The molecule has 0 saturated carbocycles. The van der Waals surface area contributed by atoms with Crippen LogP contribution >= 0.6 is 0 Å². The number of amides is 1. The van der Waals surface area contributed by atoms with Crippen LogP contribution in [0.5, 0.6) is 5.75 Å². The van der Waals surface area contributed by atoms with E-state index in [1.165, 1.54) is 0 Å². The predicted molar refractivity (Wildman–Crippen MR) is 137 cm³/mol. The summed E-state index contributed by atoms with van der Waals surface area (Å²) < 4.78 is 45.6. The molecular weight excluding hydrogens is 482 g/mol. The summed E-state index contributed by atoms with van der Waals surface area (Å²) in [4.78, 5) is 17.5. The minimum Gasteiger partial charge on any atom is -0.497 e. The number of benzene rings is 1. The number of ether oxygens (including phenoxy) is 3. The molecule has 1 aromatic rings. The Balaban J connectivity index is 1.31. The first-order valence-electron chi connectivity index (χ1n) is 13.2. The lowest BCUT2D eigenvalue weighted by atomic mass is 10.1. The van der Waals surface area contributed by atoms with Gasteiger partial charge in [0.25, 0.3) is 0 Å². The molecule has 36 heavy (non-hydrogen) atoms. The fourth-order valence-corrected chi connectivity index (χ4v) is 7.86. The van der Waals surface area contributed by atoms with Crippen LogP contribution in [0, 0.1) is 13.8 Å². The van der Waals surface area contributed by atoms with Crippen molar-refractivity contribution >= 4 is 15.9 Å². The molecule has 3 heterocycles. The Morgan fingerprint density at radius 2 is 1.67 bits per heavy atom. The Morgan fingerprint density at radius 3 is 2.31 bits per heavy atom. The summed E-state index contributed by atoms with van der Waals surface area (Å²) in [6, 6.07) is 3.80. The van der Waals surface area contributed by atoms with Crippen molar-refractivity contribution in [3.05, 3.63) is 23.3 Å². The van der Waals surface area contributed by atoms with Crippen LogP contribution in [0.25, 0.3) is 0 Å². The highest BCUT2D eigenvalue weighted by Gasteiger charge is 2.36. The maximum Gasteiger partial charge on any atom is 0.248 e. The molecular formula is C26H41N3O6S. The van der Waals surface area contributed by atoms with E-state index in [1.807, 2.05) is 4.90 Å². The standard InChI is InChI=1S/C26H41N3O6S/c1-20-16-24(33-3)17-21(2)26(20)36(31,32)29-9-5-4-6-23(29)18-35-19-25(30)28-12-10-27(11-13-28)22-7-14-34-15-8-22/h16-17,22-23H,4-15,18-19H2,1-3H3. The molecule has 9 nitrogen and oxygen atoms in total. The van der Waals surface area contributed by atoms with Gasteiger partial charge in [-0.3, -0.25) is 9.69 Å². The van der Waals surface area contributed by atoms with Crippen molar-refractivity contribution in [3.63, 3.8) is 0 Å². The van der Waals surface area contributed by atoms with Crippen LogP contribution in [0.3, 0.4) is 0 Å². The second-order valence-electron chi connectivity index (χ2n) is 10.1. The quantitative estimate of drug-likeness (QED) is 0.516. The van der Waals surface area contributed by atoms with E-state index in [4.69, 9.17) is 14.2 Å². The van der Waals surface area contributed by atoms with Crippen molar-refractivity contribution in [1.29, 1.82) is 0 Å². The van der Waals surface area contributed by atoms with Gasteiger partial charge in [0.15, 0.2) is 0 Å². The first kappa shape index (κ1) is 27.3. The Bertz CT molecular complexity index is 980. The zero-order chi connectivity index (χ0) is 25.7. The van der Waals surface area contributed by atoms with Crippen LogP contribution in [-0.2, 0) is 24.3 Å². The molecule has 3 fully saturated rings. The third-order valence-corrected chi connectivity index (χ3v) is 9.98. The topological polar surface area (TPSA) is 88.6 Å². The van der Waals surface area contributed by atoms with Crippen LogP contribution < -0.4 is 4.74 Å². The molecule has 10 heteroatoms. The minimum atomic E-state index is -3.70. The van der Waals surface area contributed by atoms with Gasteiger partial charge < -0.3 is 19.1 Å². The monoisotopic (exact) mass is 523 g/mol. The summed E-state index contributed by atoms with van der Waals surface area (Å²) in [5.41, 5.74) is 1.35. The molecule has 0 radical (unpaired) electrons. The van der Waals surface area contributed by atoms with E-state index in [0.29, 0.717) is 47.4 Å². The van der Waals surface area contributed by atoms with E-state index in [2.05, 4.69) is 4.90 Å². The Hall–Kier alpha value is -1.72. The molecule has 0 N–H and O–H groups in total. The largest absolute Gasteiger partial charge is 0.497 e. The van der Waals surface area contributed by atoms with Gasteiger partial charge in [0, 0.05) is 58.0 Å². The number of nitrogens with zero attached hydrogens (tertiary/aromatic N) is 3. The van der Waals surface area contributed by atoms with Gasteiger partial charge in [0.1, 0.15) is 12.4 Å². The summed E-state index contributed by atoms with van der Waals surface area (Å²) in [7, 11) is -2.12. The Morgan fingerprint density at radius 1 is 1.00 bits per heavy atom. The van der Waals surface area contributed by atoms with Gasteiger partial charge in [-0.1, -0.05) is 6.42 Å². The van der Waals surface area contributed by atoms with Gasteiger partial charge in [-0.25, -0.2) is 8.42 Å². The number of hydrogen-bond acceptors (Lipinski definition) is 7. The van der Waals surface area contributed by atoms with Crippen LogP contribution in [0.15, 0.2) is 17.0 Å². The first-order chi connectivity index (χ1) is 17.3. The smallest absolute Gasteiger partial charge is 0.248 e. The number of sulfonamides is 1. The first-order valence-corrected chi connectivity index (χ1v) is 14.6. The summed E-state index contributed by atoms with van der Waals surface area (Å²) in [6.07, 6.45) is 4.62. The zero-order valence-electron chi connectivity index (χ0n) is 21.9. The molecule has 0 aliphatic carbocycles. The molecule has 202 valence electrons. The number of carbonyl (C=O) groups excluding carboxylic acids is 1. The lowest BCUT2D eigenvalue weighted by Gasteiger charge is -2.40. The molecule has 1 amide bonds. The molecule has 1 unspecified atom stereocenters. The fourth-order valence-electron chi connectivity index (χ4n) is 5.77. The predicted octanol–water partition coefficient (Wildman–Crippen LogP) is 2.20. The highest BCUT2D eigenvalue weighted by Crippen LogP contribution is 2.32. The molecule has 3 saturated heterocycles. The average molecular weight is 524 g/mol. The molecule has 1 atom stereocenters. The van der Waals surface area contributed by atoms with E-state index in [9.17, 15) is 13.2 Å². The van der Waals surface area contributed by atoms with Gasteiger partial charge >= 0.3 is 0 Å².